The molecule has 2 atom stereocenters. The molecule has 3 heteroatoms. The van der Waals surface area contributed by atoms with Crippen molar-refractivity contribution in [3.8, 4) is 0 Å². The minimum atomic E-state index is -0.494. The molecule has 1 aliphatic rings. The van der Waals surface area contributed by atoms with Gasteiger partial charge in [0, 0.05) is 13.0 Å². The Bertz CT molecular complexity index is 376. The van der Waals surface area contributed by atoms with Crippen molar-refractivity contribution in [3.05, 3.63) is 35.4 Å². The van der Waals surface area contributed by atoms with E-state index in [1.165, 1.54) is 5.56 Å². The highest BCUT2D eigenvalue weighted by atomic mass is 16.5. The summed E-state index contributed by atoms with van der Waals surface area (Å²) in [5, 5.41) is 10.1. The van der Waals surface area contributed by atoms with Crippen LogP contribution in [-0.2, 0) is 15.9 Å². The average Bonchev–Trinajstić information content (AvgIpc) is 2.66. The van der Waals surface area contributed by atoms with Crippen LogP contribution in [0.2, 0.25) is 0 Å². The van der Waals surface area contributed by atoms with Gasteiger partial charge in [0.05, 0.1) is 19.3 Å². The average molecular weight is 250 g/mol. The quantitative estimate of drug-likeness (QED) is 0.788. The second kappa shape index (κ2) is 6.32. The van der Waals surface area contributed by atoms with E-state index in [-0.39, 0.29) is 6.10 Å². The summed E-state index contributed by atoms with van der Waals surface area (Å²) in [4.78, 5) is 0. The Labute approximate surface area is 109 Å². The molecule has 2 unspecified atom stereocenters. The van der Waals surface area contributed by atoms with E-state index in [0.29, 0.717) is 19.1 Å². The molecule has 2 rings (SSSR count). The Balaban J connectivity index is 1.73. The van der Waals surface area contributed by atoms with Crippen LogP contribution in [0.4, 0.5) is 0 Å². The molecular weight excluding hydrogens is 228 g/mol. The molecule has 0 saturated carbocycles. The SMILES string of the molecule is CC(C)COCCOC1Cc2ccccc2C1O. The molecule has 0 aliphatic heterocycles. The van der Waals surface area contributed by atoms with Crippen molar-refractivity contribution in [2.24, 2.45) is 5.92 Å². The molecular formula is C15H22O3. The van der Waals surface area contributed by atoms with Gasteiger partial charge in [-0.2, -0.15) is 0 Å². The Hall–Kier alpha value is -0.900. The molecule has 100 valence electrons. The van der Waals surface area contributed by atoms with Crippen LogP contribution in [0.3, 0.4) is 0 Å². The summed E-state index contributed by atoms with van der Waals surface area (Å²) >= 11 is 0. The van der Waals surface area contributed by atoms with Gasteiger partial charge in [0.15, 0.2) is 0 Å². The van der Waals surface area contributed by atoms with Gasteiger partial charge in [0.25, 0.3) is 0 Å². The van der Waals surface area contributed by atoms with Crippen LogP contribution in [0.15, 0.2) is 24.3 Å². The summed E-state index contributed by atoms with van der Waals surface area (Å²) in [6.07, 6.45) is 0.179. The number of rotatable bonds is 6. The van der Waals surface area contributed by atoms with Crippen LogP contribution in [0.5, 0.6) is 0 Å². The van der Waals surface area contributed by atoms with Crippen molar-refractivity contribution in [1.82, 2.24) is 0 Å². The minimum absolute atomic E-state index is 0.120. The van der Waals surface area contributed by atoms with Gasteiger partial charge >= 0.3 is 0 Å². The van der Waals surface area contributed by atoms with Crippen molar-refractivity contribution in [3.63, 3.8) is 0 Å². The summed E-state index contributed by atoms with van der Waals surface area (Å²) in [5.74, 6) is 0.548. The van der Waals surface area contributed by atoms with E-state index >= 15 is 0 Å². The zero-order chi connectivity index (χ0) is 13.0. The van der Waals surface area contributed by atoms with Gasteiger partial charge in [-0.15, -0.1) is 0 Å². The van der Waals surface area contributed by atoms with Gasteiger partial charge < -0.3 is 14.6 Å². The summed E-state index contributed by atoms with van der Waals surface area (Å²) in [6.45, 7) is 6.15. The summed E-state index contributed by atoms with van der Waals surface area (Å²) in [6, 6.07) is 7.98. The summed E-state index contributed by atoms with van der Waals surface area (Å²) in [5.41, 5.74) is 2.20. The van der Waals surface area contributed by atoms with Crippen molar-refractivity contribution in [2.75, 3.05) is 19.8 Å². The summed E-state index contributed by atoms with van der Waals surface area (Å²) in [7, 11) is 0. The van der Waals surface area contributed by atoms with Gasteiger partial charge in [-0.05, 0) is 17.0 Å². The standard InChI is InChI=1S/C15H22O3/c1-11(2)10-17-7-8-18-14-9-12-5-3-4-6-13(12)15(14)16/h3-6,11,14-16H,7-10H2,1-2H3. The Morgan fingerprint density at radius 2 is 2.06 bits per heavy atom. The van der Waals surface area contributed by atoms with Crippen LogP contribution in [0.25, 0.3) is 0 Å². The van der Waals surface area contributed by atoms with E-state index in [1.807, 2.05) is 18.2 Å². The number of hydrogen-bond donors (Lipinski definition) is 1. The van der Waals surface area contributed by atoms with E-state index in [2.05, 4.69) is 19.9 Å². The topological polar surface area (TPSA) is 38.7 Å². The maximum Gasteiger partial charge on any atom is 0.106 e. The Morgan fingerprint density at radius 3 is 2.78 bits per heavy atom. The van der Waals surface area contributed by atoms with E-state index in [1.54, 1.807) is 0 Å². The predicted molar refractivity (Wildman–Crippen MR) is 70.5 cm³/mol. The first-order chi connectivity index (χ1) is 8.68. The van der Waals surface area contributed by atoms with E-state index in [9.17, 15) is 5.11 Å². The highest BCUT2D eigenvalue weighted by Crippen LogP contribution is 2.32. The zero-order valence-electron chi connectivity index (χ0n) is 11.1. The van der Waals surface area contributed by atoms with Crippen LogP contribution in [0, 0.1) is 5.92 Å². The molecule has 0 spiro atoms. The lowest BCUT2D eigenvalue weighted by atomic mass is 10.1. The van der Waals surface area contributed by atoms with Crippen LogP contribution >= 0.6 is 0 Å². The first-order valence-corrected chi connectivity index (χ1v) is 6.63. The molecule has 1 aliphatic carbocycles. The molecule has 0 bridgehead atoms. The van der Waals surface area contributed by atoms with Crippen LogP contribution in [-0.4, -0.2) is 31.0 Å². The zero-order valence-corrected chi connectivity index (χ0v) is 11.1. The second-order valence-corrected chi connectivity index (χ2v) is 5.23. The van der Waals surface area contributed by atoms with Gasteiger partial charge in [0.1, 0.15) is 6.10 Å². The van der Waals surface area contributed by atoms with E-state index in [4.69, 9.17) is 9.47 Å². The normalized spacial score (nSPS) is 22.4. The molecule has 0 radical (unpaired) electrons. The largest absolute Gasteiger partial charge is 0.386 e. The molecule has 0 fully saturated rings. The van der Waals surface area contributed by atoms with Crippen molar-refractivity contribution in [1.29, 1.82) is 0 Å². The minimum Gasteiger partial charge on any atom is -0.386 e. The Kier molecular flexibility index (Phi) is 4.75. The van der Waals surface area contributed by atoms with E-state index < -0.39 is 6.10 Å². The van der Waals surface area contributed by atoms with Crippen LogP contribution < -0.4 is 0 Å². The lowest BCUT2D eigenvalue weighted by Crippen LogP contribution is -2.21. The van der Waals surface area contributed by atoms with Gasteiger partial charge in [0.2, 0.25) is 0 Å². The molecule has 0 amide bonds. The van der Waals surface area contributed by atoms with Gasteiger partial charge in [-0.1, -0.05) is 38.1 Å². The fraction of sp³-hybridized carbons (Fsp3) is 0.600. The number of benzene rings is 1. The molecule has 0 aromatic heterocycles. The molecule has 1 aromatic carbocycles. The fourth-order valence-corrected chi connectivity index (χ4v) is 2.26. The number of ether oxygens (including phenoxy) is 2. The third-order valence-electron chi connectivity index (χ3n) is 3.16. The number of aliphatic hydroxyl groups is 1. The van der Waals surface area contributed by atoms with Crippen molar-refractivity contribution in [2.45, 2.75) is 32.5 Å². The molecule has 0 saturated heterocycles. The van der Waals surface area contributed by atoms with Gasteiger partial charge in [-0.3, -0.25) is 0 Å². The van der Waals surface area contributed by atoms with E-state index in [0.717, 1.165) is 18.6 Å². The highest BCUT2D eigenvalue weighted by Gasteiger charge is 2.30. The molecule has 1 N–H and O–H groups in total. The maximum atomic E-state index is 10.1. The third-order valence-corrected chi connectivity index (χ3v) is 3.16. The lowest BCUT2D eigenvalue weighted by Gasteiger charge is -2.16. The van der Waals surface area contributed by atoms with Crippen molar-refractivity contribution < 1.29 is 14.6 Å². The first kappa shape index (κ1) is 13.5. The molecule has 0 heterocycles. The lowest BCUT2D eigenvalue weighted by molar-refractivity contribution is -0.0504. The smallest absolute Gasteiger partial charge is 0.106 e. The molecule has 1 aromatic rings. The number of aliphatic hydroxyl groups excluding tert-OH is 1. The van der Waals surface area contributed by atoms with Crippen molar-refractivity contribution >= 4 is 0 Å². The second-order valence-electron chi connectivity index (χ2n) is 5.23. The first-order valence-electron chi connectivity index (χ1n) is 6.63. The van der Waals surface area contributed by atoms with Crippen LogP contribution in [0.1, 0.15) is 31.1 Å². The van der Waals surface area contributed by atoms with Gasteiger partial charge in [-0.25, -0.2) is 0 Å². The highest BCUT2D eigenvalue weighted by molar-refractivity contribution is 5.35. The monoisotopic (exact) mass is 250 g/mol. The molecule has 18 heavy (non-hydrogen) atoms. The Morgan fingerprint density at radius 1 is 1.28 bits per heavy atom. The molecule has 3 nitrogen and oxygen atoms in total. The number of hydrogen-bond acceptors (Lipinski definition) is 3. The predicted octanol–water partition coefficient (Wildman–Crippen LogP) is 2.33. The third kappa shape index (κ3) is 3.31. The summed E-state index contributed by atoms with van der Waals surface area (Å²) < 4.78 is 11.2. The number of fused-ring (bicyclic) bond motifs is 1. The maximum absolute atomic E-state index is 10.1. The fourth-order valence-electron chi connectivity index (χ4n) is 2.26.